The highest BCUT2D eigenvalue weighted by Gasteiger charge is 2.24. The first-order chi connectivity index (χ1) is 12.4. The molecule has 0 aliphatic rings. The van der Waals surface area contributed by atoms with Gasteiger partial charge >= 0.3 is 0 Å². The van der Waals surface area contributed by atoms with Gasteiger partial charge in [-0.15, -0.1) is 0 Å². The van der Waals surface area contributed by atoms with Gasteiger partial charge in [-0.05, 0) is 68.9 Å². The van der Waals surface area contributed by atoms with Crippen LogP contribution < -0.4 is 4.73 Å². The summed E-state index contributed by atoms with van der Waals surface area (Å²) in [4.78, 5) is 13.0. The largest absolute Gasteiger partial charge is 0.618 e. The Bertz CT molecular complexity index is 951. The van der Waals surface area contributed by atoms with Crippen LogP contribution in [0.1, 0.15) is 28.7 Å². The summed E-state index contributed by atoms with van der Waals surface area (Å²) >= 11 is 7.24. The van der Waals surface area contributed by atoms with Crippen LogP contribution in [0, 0.1) is 19.1 Å². The summed E-state index contributed by atoms with van der Waals surface area (Å²) in [5, 5.41) is 12.6. The number of carbonyl (C=O) groups is 1. The van der Waals surface area contributed by atoms with E-state index in [1.54, 1.807) is 18.2 Å². The van der Waals surface area contributed by atoms with Crippen molar-refractivity contribution in [3.05, 3.63) is 81.9 Å². The maximum atomic E-state index is 13.0. The average molecular weight is 387 g/mol. The van der Waals surface area contributed by atoms with Gasteiger partial charge in [0.05, 0.1) is 5.25 Å². The molecule has 0 saturated heterocycles. The highest BCUT2D eigenvalue weighted by molar-refractivity contribution is 8.00. The molecule has 0 fully saturated rings. The van der Waals surface area contributed by atoms with E-state index < -0.39 is 0 Å². The molecule has 1 atom stereocenters. The topological polar surface area (TPSA) is 48.9 Å². The van der Waals surface area contributed by atoms with Crippen LogP contribution in [0.15, 0.2) is 59.8 Å². The van der Waals surface area contributed by atoms with E-state index in [2.05, 4.69) is 0 Å². The van der Waals surface area contributed by atoms with Crippen molar-refractivity contribution in [1.82, 2.24) is 4.57 Å². The second-order valence-electron chi connectivity index (χ2n) is 6.09. The lowest BCUT2D eigenvalue weighted by Gasteiger charge is -2.12. The molecule has 1 aromatic carbocycles. The maximum Gasteiger partial charge on any atom is 0.252 e. The number of aromatic nitrogens is 2. The van der Waals surface area contributed by atoms with Crippen LogP contribution in [0.25, 0.3) is 5.69 Å². The Morgan fingerprint density at radius 1 is 1.19 bits per heavy atom. The minimum absolute atomic E-state index is 0.00664. The number of hydrogen-bond acceptors (Lipinski definition) is 3. The molecule has 26 heavy (non-hydrogen) atoms. The molecule has 0 aliphatic heterocycles. The zero-order valence-electron chi connectivity index (χ0n) is 14.8. The molecule has 3 rings (SSSR count). The normalized spacial score (nSPS) is 12.2. The summed E-state index contributed by atoms with van der Waals surface area (Å²) in [6.07, 6.45) is 1.44. The quantitative estimate of drug-likeness (QED) is 0.275. The molecule has 0 spiro atoms. The molecule has 0 saturated carbocycles. The molecular formula is C20H19ClN2O2S. The van der Waals surface area contributed by atoms with Crippen molar-refractivity contribution in [1.29, 1.82) is 0 Å². The molecule has 3 aromatic rings. The Labute approximate surface area is 162 Å². The Hall–Kier alpha value is -2.24. The lowest BCUT2D eigenvalue weighted by atomic mass is 10.1. The molecule has 6 heteroatoms. The molecule has 4 nitrogen and oxygen atoms in total. The van der Waals surface area contributed by atoms with E-state index in [0.717, 1.165) is 21.8 Å². The zero-order valence-corrected chi connectivity index (χ0v) is 16.3. The Morgan fingerprint density at radius 2 is 1.88 bits per heavy atom. The molecule has 0 amide bonds. The Morgan fingerprint density at radius 3 is 2.54 bits per heavy atom. The van der Waals surface area contributed by atoms with Crippen molar-refractivity contribution in [2.75, 3.05) is 0 Å². The summed E-state index contributed by atoms with van der Waals surface area (Å²) < 4.78 is 2.82. The third kappa shape index (κ3) is 3.64. The van der Waals surface area contributed by atoms with Gasteiger partial charge in [-0.25, -0.2) is 0 Å². The van der Waals surface area contributed by atoms with Gasteiger partial charge in [0.25, 0.3) is 5.03 Å². The van der Waals surface area contributed by atoms with E-state index in [1.165, 1.54) is 18.0 Å². The van der Waals surface area contributed by atoms with Gasteiger partial charge < -0.3 is 9.77 Å². The van der Waals surface area contributed by atoms with Crippen molar-refractivity contribution in [3.8, 4) is 5.69 Å². The number of aryl methyl sites for hydroxylation is 1. The minimum Gasteiger partial charge on any atom is -0.618 e. The second kappa shape index (κ2) is 7.56. The fourth-order valence-electron chi connectivity index (χ4n) is 2.96. The van der Waals surface area contributed by atoms with Crippen molar-refractivity contribution < 1.29 is 9.52 Å². The van der Waals surface area contributed by atoms with E-state index in [1.807, 2.05) is 55.7 Å². The highest BCUT2D eigenvalue weighted by Crippen LogP contribution is 2.27. The highest BCUT2D eigenvalue weighted by atomic mass is 35.5. The van der Waals surface area contributed by atoms with E-state index in [-0.39, 0.29) is 11.0 Å². The van der Waals surface area contributed by atoms with Gasteiger partial charge in [0.15, 0.2) is 12.0 Å². The first-order valence-corrected chi connectivity index (χ1v) is 9.48. The molecule has 0 N–H and O–H groups in total. The molecule has 2 heterocycles. The van der Waals surface area contributed by atoms with E-state index in [0.29, 0.717) is 15.6 Å². The van der Waals surface area contributed by atoms with Gasteiger partial charge in [0.2, 0.25) is 0 Å². The number of rotatable bonds is 5. The molecule has 0 unspecified atom stereocenters. The minimum atomic E-state index is -0.364. The Kier molecular flexibility index (Phi) is 5.39. The number of ketones is 1. The summed E-state index contributed by atoms with van der Waals surface area (Å²) in [7, 11) is 0. The predicted molar refractivity (Wildman–Crippen MR) is 105 cm³/mol. The predicted octanol–water partition coefficient (Wildman–Crippen LogP) is 4.74. The van der Waals surface area contributed by atoms with Crippen molar-refractivity contribution in [2.45, 2.75) is 31.0 Å². The summed E-state index contributed by atoms with van der Waals surface area (Å²) in [6, 6.07) is 14.6. The number of Topliss-reactive ketones (excluding diaryl/α,β-unsaturated/α-hetero) is 1. The van der Waals surface area contributed by atoms with Crippen molar-refractivity contribution >= 4 is 29.1 Å². The summed E-state index contributed by atoms with van der Waals surface area (Å²) in [6.45, 7) is 5.73. The van der Waals surface area contributed by atoms with E-state index >= 15 is 0 Å². The van der Waals surface area contributed by atoms with Gasteiger partial charge in [-0.1, -0.05) is 11.6 Å². The lowest BCUT2D eigenvalue weighted by Crippen LogP contribution is -2.29. The van der Waals surface area contributed by atoms with E-state index in [4.69, 9.17) is 11.6 Å². The summed E-state index contributed by atoms with van der Waals surface area (Å²) in [5.74, 6) is 0.00664. The van der Waals surface area contributed by atoms with Crippen LogP contribution in [0.3, 0.4) is 0 Å². The van der Waals surface area contributed by atoms with Gasteiger partial charge in [0.1, 0.15) is 0 Å². The van der Waals surface area contributed by atoms with Crippen molar-refractivity contribution in [2.24, 2.45) is 0 Å². The number of carbonyl (C=O) groups excluding carboxylic acids is 1. The van der Waals surface area contributed by atoms with Crippen LogP contribution in [-0.2, 0) is 0 Å². The van der Waals surface area contributed by atoms with Crippen LogP contribution in [-0.4, -0.2) is 15.6 Å². The lowest BCUT2D eigenvalue weighted by molar-refractivity contribution is -0.645. The number of halogens is 1. The molecule has 0 aliphatic carbocycles. The van der Waals surface area contributed by atoms with Gasteiger partial charge in [-0.3, -0.25) is 4.79 Å². The van der Waals surface area contributed by atoms with Crippen LogP contribution >= 0.6 is 23.4 Å². The van der Waals surface area contributed by atoms with Gasteiger partial charge in [0, 0.05) is 39.8 Å². The number of nitrogens with zero attached hydrogens (tertiary/aromatic N) is 2. The molecule has 2 aromatic heterocycles. The second-order valence-corrected chi connectivity index (χ2v) is 7.88. The van der Waals surface area contributed by atoms with Crippen LogP contribution in [0.4, 0.5) is 0 Å². The fourth-order valence-corrected chi connectivity index (χ4v) is 4.00. The molecule has 0 bridgehead atoms. The smallest absolute Gasteiger partial charge is 0.252 e. The monoisotopic (exact) mass is 386 g/mol. The SMILES string of the molecule is Cc1cc(C(=O)[C@H](C)Sc2cccc[n+]2[O-])c(C)n1-c1ccc(Cl)cc1. The van der Waals surface area contributed by atoms with E-state index in [9.17, 15) is 10.0 Å². The van der Waals surface area contributed by atoms with Gasteiger partial charge in [-0.2, -0.15) is 4.73 Å². The summed E-state index contributed by atoms with van der Waals surface area (Å²) in [5.41, 5.74) is 3.49. The van der Waals surface area contributed by atoms with Crippen LogP contribution in [0.2, 0.25) is 5.02 Å². The third-order valence-corrected chi connectivity index (χ3v) is 5.61. The zero-order chi connectivity index (χ0) is 18.8. The maximum absolute atomic E-state index is 13.0. The molecule has 0 radical (unpaired) electrons. The van der Waals surface area contributed by atoms with Crippen molar-refractivity contribution in [3.63, 3.8) is 0 Å². The average Bonchev–Trinajstić information content (AvgIpc) is 2.91. The first kappa shape index (κ1) is 18.5. The number of benzene rings is 1. The molecule has 134 valence electrons. The standard InChI is InChI=1S/C20H19ClN2O2S/c1-13-12-18(14(2)23(13)17-9-7-16(21)8-10-17)20(24)15(3)26-19-6-4-5-11-22(19)25/h4-12,15H,1-3H3/t15-/m0/s1. The number of hydrogen-bond donors (Lipinski definition) is 0. The van der Waals surface area contributed by atoms with Crippen LogP contribution in [0.5, 0.6) is 0 Å². The fraction of sp³-hybridized carbons (Fsp3) is 0.200. The third-order valence-electron chi connectivity index (χ3n) is 4.24. The number of thioether (sulfide) groups is 1. The number of pyridine rings is 1. The molecular weight excluding hydrogens is 368 g/mol. The first-order valence-electron chi connectivity index (χ1n) is 8.22. The Balaban J connectivity index is 1.89.